The van der Waals surface area contributed by atoms with Gasteiger partial charge in [0.1, 0.15) is 5.03 Å². The van der Waals surface area contributed by atoms with Gasteiger partial charge in [-0.3, -0.25) is 4.79 Å². The van der Waals surface area contributed by atoms with E-state index in [1.54, 1.807) is 0 Å². The first kappa shape index (κ1) is 16.9. The third kappa shape index (κ3) is 2.73. The van der Waals surface area contributed by atoms with Gasteiger partial charge < -0.3 is 5.32 Å². The highest BCUT2D eigenvalue weighted by molar-refractivity contribution is 6.58. The van der Waals surface area contributed by atoms with E-state index < -0.39 is 5.78 Å². The molecule has 0 saturated heterocycles. The molecule has 0 saturated carbocycles. The number of aryl methyl sites for hydroxylation is 1. The number of carbonyl (C=O) groups is 1. The Morgan fingerprint density at radius 1 is 0.783 bits per heavy atom. The van der Waals surface area contributed by atoms with Crippen LogP contribution in [-0.2, 0) is 0 Å². The molecule has 0 aliphatic heterocycles. The zero-order valence-electron chi connectivity index (χ0n) is 11.6. The lowest BCUT2D eigenvalue weighted by Gasteiger charge is -2.14. The molecule has 0 amide bonds. The predicted octanol–water partition coefficient (Wildman–Crippen LogP) is 6.82. The number of anilines is 1. The average Bonchev–Trinajstić information content (AvgIpc) is 2.78. The number of benzene rings is 2. The van der Waals surface area contributed by atoms with Gasteiger partial charge in [0.25, 0.3) is 0 Å². The normalized spacial score (nSPS) is 13.6. The molecule has 0 atom stereocenters. The van der Waals surface area contributed by atoms with Gasteiger partial charge in [0.2, 0.25) is 5.78 Å². The topological polar surface area (TPSA) is 29.1 Å². The zero-order chi connectivity index (χ0) is 16.9. The van der Waals surface area contributed by atoms with E-state index in [1.807, 2.05) is 31.2 Å². The second-order valence-corrected chi connectivity index (χ2v) is 6.90. The maximum atomic E-state index is 12.4. The Labute approximate surface area is 157 Å². The number of halogens is 5. The van der Waals surface area contributed by atoms with E-state index >= 15 is 0 Å². The quantitative estimate of drug-likeness (QED) is 0.437. The second-order valence-electron chi connectivity index (χ2n) is 5.02. The molecule has 2 aromatic carbocycles. The molecule has 0 spiro atoms. The minimum Gasteiger partial charge on any atom is -0.354 e. The molecule has 1 aliphatic rings. The summed E-state index contributed by atoms with van der Waals surface area (Å²) < 4.78 is 0. The molecule has 0 heterocycles. The van der Waals surface area contributed by atoms with E-state index in [1.165, 1.54) is 0 Å². The molecule has 118 valence electrons. The van der Waals surface area contributed by atoms with Gasteiger partial charge in [-0.15, -0.1) is 0 Å². The summed E-state index contributed by atoms with van der Waals surface area (Å²) in [5.74, 6) is -0.443. The van der Waals surface area contributed by atoms with Crippen molar-refractivity contribution >= 4 is 75.2 Å². The summed E-state index contributed by atoms with van der Waals surface area (Å²) in [6, 6.07) is 7.58. The fraction of sp³-hybridized carbons (Fsp3) is 0.0625. The summed E-state index contributed by atoms with van der Waals surface area (Å²) in [5, 5.41) is 3.38. The van der Waals surface area contributed by atoms with E-state index in [0.29, 0.717) is 11.3 Å². The van der Waals surface area contributed by atoms with Crippen LogP contribution in [0.2, 0.25) is 20.1 Å². The highest BCUT2D eigenvalue weighted by Crippen LogP contribution is 2.49. The zero-order valence-corrected chi connectivity index (χ0v) is 15.4. The summed E-state index contributed by atoms with van der Waals surface area (Å²) in [6.07, 6.45) is 0. The fourth-order valence-electron chi connectivity index (χ4n) is 2.31. The van der Waals surface area contributed by atoms with Gasteiger partial charge in [0, 0.05) is 11.3 Å². The number of allylic oxidation sites excluding steroid dienone is 1. The van der Waals surface area contributed by atoms with Crippen molar-refractivity contribution in [3.8, 4) is 0 Å². The lowest BCUT2D eigenvalue weighted by molar-refractivity contribution is 0.104. The summed E-state index contributed by atoms with van der Waals surface area (Å²) in [5.41, 5.74) is 2.74. The molecular weight excluding hydrogens is 399 g/mol. The van der Waals surface area contributed by atoms with Crippen molar-refractivity contribution in [1.82, 2.24) is 0 Å². The van der Waals surface area contributed by atoms with Crippen molar-refractivity contribution in [3.63, 3.8) is 0 Å². The predicted molar refractivity (Wildman–Crippen MR) is 98.4 cm³/mol. The van der Waals surface area contributed by atoms with Gasteiger partial charge in [-0.1, -0.05) is 75.7 Å². The number of nitrogens with one attached hydrogen (secondary N) is 1. The van der Waals surface area contributed by atoms with Crippen LogP contribution in [0, 0.1) is 6.92 Å². The Morgan fingerprint density at radius 2 is 1.30 bits per heavy atom. The Kier molecular flexibility index (Phi) is 4.56. The maximum absolute atomic E-state index is 12.4. The van der Waals surface area contributed by atoms with Crippen LogP contribution in [0.25, 0.3) is 5.70 Å². The third-order valence-corrected chi connectivity index (χ3v) is 5.65. The molecule has 2 nitrogen and oxygen atoms in total. The molecule has 2 aromatic rings. The molecule has 7 heteroatoms. The monoisotopic (exact) mass is 405 g/mol. The van der Waals surface area contributed by atoms with Crippen LogP contribution >= 0.6 is 58.0 Å². The largest absolute Gasteiger partial charge is 0.354 e. The van der Waals surface area contributed by atoms with Crippen molar-refractivity contribution in [2.45, 2.75) is 6.92 Å². The van der Waals surface area contributed by atoms with E-state index in [9.17, 15) is 4.79 Å². The van der Waals surface area contributed by atoms with Gasteiger partial charge in [0.05, 0.1) is 31.4 Å². The molecular formula is C16H8Cl5NO. The smallest absolute Gasteiger partial charge is 0.208 e. The summed E-state index contributed by atoms with van der Waals surface area (Å²) in [7, 11) is 0. The third-order valence-electron chi connectivity index (χ3n) is 3.48. The van der Waals surface area contributed by atoms with Crippen LogP contribution in [0.5, 0.6) is 0 Å². The average molecular weight is 408 g/mol. The maximum Gasteiger partial charge on any atom is 0.208 e. The Balaban J connectivity index is 2.18. The first-order valence-electron chi connectivity index (χ1n) is 6.47. The molecule has 0 radical (unpaired) electrons. The lowest BCUT2D eigenvalue weighted by Crippen LogP contribution is -2.00. The number of rotatable bonds is 2. The Hall–Kier alpha value is -0.900. The Morgan fingerprint density at radius 3 is 1.87 bits per heavy atom. The second kappa shape index (κ2) is 6.19. The fourth-order valence-corrected chi connectivity index (χ4v) is 3.58. The van der Waals surface area contributed by atoms with E-state index in [-0.39, 0.29) is 30.7 Å². The van der Waals surface area contributed by atoms with Crippen molar-refractivity contribution in [2.24, 2.45) is 0 Å². The van der Waals surface area contributed by atoms with Crippen LogP contribution in [-0.4, -0.2) is 5.78 Å². The van der Waals surface area contributed by atoms with Crippen molar-refractivity contribution < 1.29 is 4.79 Å². The highest BCUT2D eigenvalue weighted by Gasteiger charge is 2.36. The van der Waals surface area contributed by atoms with Crippen LogP contribution in [0.15, 0.2) is 29.3 Å². The molecule has 1 aliphatic carbocycles. The SMILES string of the molecule is Cc1ccc(NC2=C(Cl)C(=O)c3c(Cl)c(Cl)c(Cl)c(Cl)c32)cc1. The summed E-state index contributed by atoms with van der Waals surface area (Å²) in [4.78, 5) is 12.4. The number of ketones is 1. The highest BCUT2D eigenvalue weighted by atomic mass is 35.5. The minimum absolute atomic E-state index is 0.0114. The van der Waals surface area contributed by atoms with Crippen molar-refractivity contribution in [1.29, 1.82) is 0 Å². The summed E-state index contributed by atoms with van der Waals surface area (Å²) >= 11 is 30.7. The van der Waals surface area contributed by atoms with Crippen molar-refractivity contribution in [2.75, 3.05) is 5.32 Å². The molecule has 1 N–H and O–H groups in total. The molecule has 23 heavy (non-hydrogen) atoms. The van der Waals surface area contributed by atoms with Gasteiger partial charge in [0.15, 0.2) is 0 Å². The van der Waals surface area contributed by atoms with Gasteiger partial charge >= 0.3 is 0 Å². The molecule has 3 rings (SSSR count). The number of hydrogen-bond acceptors (Lipinski definition) is 2. The van der Waals surface area contributed by atoms with Gasteiger partial charge in [-0.25, -0.2) is 0 Å². The van der Waals surface area contributed by atoms with E-state index in [2.05, 4.69) is 5.32 Å². The van der Waals surface area contributed by atoms with Gasteiger partial charge in [-0.05, 0) is 19.1 Å². The number of Topliss-reactive ketones (excluding diaryl/α,β-unsaturated/α-hetero) is 1. The lowest BCUT2D eigenvalue weighted by atomic mass is 10.1. The first-order chi connectivity index (χ1) is 10.8. The van der Waals surface area contributed by atoms with Crippen LogP contribution in [0.4, 0.5) is 5.69 Å². The number of hydrogen-bond donors (Lipinski definition) is 1. The minimum atomic E-state index is -0.443. The Bertz CT molecular complexity index is 871. The van der Waals surface area contributed by atoms with Crippen LogP contribution < -0.4 is 5.32 Å². The van der Waals surface area contributed by atoms with Crippen molar-refractivity contribution in [3.05, 3.63) is 66.1 Å². The molecule has 0 fully saturated rings. The number of fused-ring (bicyclic) bond motifs is 1. The molecule has 0 bridgehead atoms. The molecule has 0 unspecified atom stereocenters. The van der Waals surface area contributed by atoms with E-state index in [0.717, 1.165) is 11.3 Å². The number of carbonyl (C=O) groups excluding carboxylic acids is 1. The van der Waals surface area contributed by atoms with E-state index in [4.69, 9.17) is 58.0 Å². The van der Waals surface area contributed by atoms with Crippen LogP contribution in [0.1, 0.15) is 21.5 Å². The van der Waals surface area contributed by atoms with Gasteiger partial charge in [-0.2, -0.15) is 0 Å². The van der Waals surface area contributed by atoms with Crippen LogP contribution in [0.3, 0.4) is 0 Å². The summed E-state index contributed by atoms with van der Waals surface area (Å²) in [6.45, 7) is 1.98. The first-order valence-corrected chi connectivity index (χ1v) is 8.36. The standard InChI is InChI=1S/C16H8Cl5NO/c1-6-2-4-7(5-3-6)22-15-8-9(16(23)14(15)21)11(18)13(20)12(19)10(8)17/h2-5,22H,1H3. The molecule has 0 aromatic heterocycles.